The molecule has 20 heavy (non-hydrogen) atoms. The molecule has 0 radical (unpaired) electrons. The summed E-state index contributed by atoms with van der Waals surface area (Å²) in [6.07, 6.45) is 1.72. The van der Waals surface area contributed by atoms with E-state index in [-0.39, 0.29) is 12.2 Å². The van der Waals surface area contributed by atoms with Crippen LogP contribution in [-0.4, -0.2) is 32.5 Å². The van der Waals surface area contributed by atoms with Gasteiger partial charge in [-0.25, -0.2) is 4.98 Å². The standard InChI is InChI=1S/C15H20N2O3/c1-10-6-13-14(7-11(10)2)17(15(20)8-16-13)5-3-4-12(19)9-18/h6-8,12,18-19H,3-5,9H2,1-2H3. The second-order valence-electron chi connectivity index (χ2n) is 5.15. The molecule has 2 aromatic rings. The monoisotopic (exact) mass is 276 g/mol. The Balaban J connectivity index is 2.34. The summed E-state index contributed by atoms with van der Waals surface area (Å²) in [5, 5.41) is 18.1. The van der Waals surface area contributed by atoms with Crippen LogP contribution < -0.4 is 5.56 Å². The molecule has 1 unspecified atom stereocenters. The van der Waals surface area contributed by atoms with Gasteiger partial charge in [0.1, 0.15) is 0 Å². The molecule has 5 nitrogen and oxygen atoms in total. The molecule has 0 amide bonds. The molecule has 0 saturated heterocycles. The molecule has 1 atom stereocenters. The van der Waals surface area contributed by atoms with Crippen molar-refractivity contribution in [3.63, 3.8) is 0 Å². The van der Waals surface area contributed by atoms with E-state index in [1.165, 1.54) is 6.20 Å². The van der Waals surface area contributed by atoms with Crippen molar-refractivity contribution in [1.82, 2.24) is 9.55 Å². The number of aliphatic hydroxyl groups is 2. The van der Waals surface area contributed by atoms with Crippen molar-refractivity contribution in [2.45, 2.75) is 39.3 Å². The first-order valence-electron chi connectivity index (χ1n) is 6.78. The van der Waals surface area contributed by atoms with Gasteiger partial charge in [0.25, 0.3) is 5.56 Å². The van der Waals surface area contributed by atoms with Gasteiger partial charge < -0.3 is 14.8 Å². The first-order valence-corrected chi connectivity index (χ1v) is 6.78. The van der Waals surface area contributed by atoms with Crippen molar-refractivity contribution in [1.29, 1.82) is 0 Å². The molecule has 0 saturated carbocycles. The normalized spacial score (nSPS) is 12.8. The Bertz CT molecular complexity index is 664. The second-order valence-corrected chi connectivity index (χ2v) is 5.15. The van der Waals surface area contributed by atoms with E-state index in [0.717, 1.165) is 22.2 Å². The van der Waals surface area contributed by atoms with Gasteiger partial charge in [0.05, 0.1) is 29.9 Å². The zero-order chi connectivity index (χ0) is 14.7. The number of aliphatic hydroxyl groups excluding tert-OH is 2. The lowest BCUT2D eigenvalue weighted by atomic mass is 10.1. The summed E-state index contributed by atoms with van der Waals surface area (Å²) in [7, 11) is 0. The average molecular weight is 276 g/mol. The van der Waals surface area contributed by atoms with E-state index in [2.05, 4.69) is 4.98 Å². The molecule has 108 valence electrons. The summed E-state index contributed by atoms with van der Waals surface area (Å²) in [4.78, 5) is 16.1. The van der Waals surface area contributed by atoms with Crippen LogP contribution in [0.1, 0.15) is 24.0 Å². The summed E-state index contributed by atoms with van der Waals surface area (Å²) in [6, 6.07) is 3.95. The molecule has 0 fully saturated rings. The van der Waals surface area contributed by atoms with Crippen LogP contribution >= 0.6 is 0 Å². The number of fused-ring (bicyclic) bond motifs is 1. The Kier molecular flexibility index (Phi) is 4.52. The van der Waals surface area contributed by atoms with Gasteiger partial charge in [-0.15, -0.1) is 0 Å². The summed E-state index contributed by atoms with van der Waals surface area (Å²) in [6.45, 7) is 4.29. The maximum absolute atomic E-state index is 12.0. The van der Waals surface area contributed by atoms with Crippen molar-refractivity contribution in [2.75, 3.05) is 6.61 Å². The first-order chi connectivity index (χ1) is 9.52. The van der Waals surface area contributed by atoms with E-state index in [1.54, 1.807) is 4.57 Å². The molecule has 0 bridgehead atoms. The number of hydrogen-bond donors (Lipinski definition) is 2. The number of aromatic nitrogens is 2. The fourth-order valence-corrected chi connectivity index (χ4v) is 2.23. The van der Waals surface area contributed by atoms with Crippen LogP contribution in [0.2, 0.25) is 0 Å². The average Bonchev–Trinajstić information content (AvgIpc) is 2.43. The number of hydrogen-bond acceptors (Lipinski definition) is 4. The zero-order valence-electron chi connectivity index (χ0n) is 11.8. The van der Waals surface area contributed by atoms with Crippen LogP contribution in [0, 0.1) is 13.8 Å². The highest BCUT2D eigenvalue weighted by molar-refractivity contribution is 5.76. The molecule has 1 heterocycles. The van der Waals surface area contributed by atoms with E-state index in [0.29, 0.717) is 19.4 Å². The molecule has 1 aromatic carbocycles. The molecule has 0 aliphatic carbocycles. The highest BCUT2D eigenvalue weighted by Gasteiger charge is 2.08. The fourth-order valence-electron chi connectivity index (χ4n) is 2.23. The largest absolute Gasteiger partial charge is 0.394 e. The van der Waals surface area contributed by atoms with Gasteiger partial charge in [-0.2, -0.15) is 0 Å². The zero-order valence-corrected chi connectivity index (χ0v) is 11.8. The fraction of sp³-hybridized carbons (Fsp3) is 0.467. The Morgan fingerprint density at radius 2 is 2.00 bits per heavy atom. The van der Waals surface area contributed by atoms with Gasteiger partial charge in [0, 0.05) is 6.54 Å². The topological polar surface area (TPSA) is 75.4 Å². The smallest absolute Gasteiger partial charge is 0.269 e. The van der Waals surface area contributed by atoms with Crippen LogP contribution in [0.15, 0.2) is 23.1 Å². The highest BCUT2D eigenvalue weighted by Crippen LogP contribution is 2.16. The highest BCUT2D eigenvalue weighted by atomic mass is 16.3. The van der Waals surface area contributed by atoms with Crippen molar-refractivity contribution in [2.24, 2.45) is 0 Å². The third kappa shape index (κ3) is 3.05. The van der Waals surface area contributed by atoms with Crippen molar-refractivity contribution in [3.05, 3.63) is 39.8 Å². The number of rotatable bonds is 5. The number of nitrogens with zero attached hydrogens (tertiary/aromatic N) is 2. The minimum atomic E-state index is -0.720. The molecule has 0 aliphatic heterocycles. The lowest BCUT2D eigenvalue weighted by Crippen LogP contribution is -2.22. The van der Waals surface area contributed by atoms with Gasteiger partial charge >= 0.3 is 0 Å². The van der Waals surface area contributed by atoms with Crippen LogP contribution in [0.4, 0.5) is 0 Å². The summed E-state index contributed by atoms with van der Waals surface area (Å²) in [5.74, 6) is 0. The second kappa shape index (κ2) is 6.15. The third-order valence-corrected chi connectivity index (χ3v) is 3.59. The molecule has 1 aromatic heterocycles. The summed E-state index contributed by atoms with van der Waals surface area (Å²) in [5.41, 5.74) is 3.74. The number of benzene rings is 1. The van der Waals surface area contributed by atoms with E-state index in [1.807, 2.05) is 26.0 Å². The van der Waals surface area contributed by atoms with Gasteiger partial charge in [-0.1, -0.05) is 0 Å². The van der Waals surface area contributed by atoms with Crippen LogP contribution in [0.25, 0.3) is 11.0 Å². The quantitative estimate of drug-likeness (QED) is 0.859. The Morgan fingerprint density at radius 1 is 1.30 bits per heavy atom. The maximum Gasteiger partial charge on any atom is 0.269 e. The van der Waals surface area contributed by atoms with Gasteiger partial charge in [0.2, 0.25) is 0 Å². The van der Waals surface area contributed by atoms with Crippen LogP contribution in [0.5, 0.6) is 0 Å². The van der Waals surface area contributed by atoms with Crippen molar-refractivity contribution < 1.29 is 10.2 Å². The Hall–Kier alpha value is -1.72. The van der Waals surface area contributed by atoms with Gasteiger partial charge in [0.15, 0.2) is 0 Å². The number of aryl methyl sites for hydroxylation is 3. The minimum absolute atomic E-state index is 0.140. The molecule has 0 aliphatic rings. The van der Waals surface area contributed by atoms with Crippen molar-refractivity contribution >= 4 is 11.0 Å². The van der Waals surface area contributed by atoms with Crippen molar-refractivity contribution in [3.8, 4) is 0 Å². The summed E-state index contributed by atoms with van der Waals surface area (Å²) < 4.78 is 1.68. The van der Waals surface area contributed by atoms with Crippen LogP contribution in [-0.2, 0) is 6.54 Å². The molecular weight excluding hydrogens is 256 g/mol. The minimum Gasteiger partial charge on any atom is -0.394 e. The van der Waals surface area contributed by atoms with E-state index >= 15 is 0 Å². The lowest BCUT2D eigenvalue weighted by Gasteiger charge is -2.12. The van der Waals surface area contributed by atoms with E-state index < -0.39 is 6.10 Å². The predicted octanol–water partition coefficient (Wildman–Crippen LogP) is 1.15. The van der Waals surface area contributed by atoms with E-state index in [9.17, 15) is 9.90 Å². The SMILES string of the molecule is Cc1cc2ncc(=O)n(CCCC(O)CO)c2cc1C. The molecule has 0 spiro atoms. The Labute approximate surface area is 117 Å². The maximum atomic E-state index is 12.0. The molecule has 2 N–H and O–H groups in total. The van der Waals surface area contributed by atoms with Gasteiger partial charge in [-0.3, -0.25) is 4.79 Å². The predicted molar refractivity (Wildman–Crippen MR) is 77.8 cm³/mol. The molecular formula is C15H20N2O3. The van der Waals surface area contributed by atoms with Gasteiger partial charge in [-0.05, 0) is 49.9 Å². The molecule has 5 heteroatoms. The molecule has 2 rings (SSSR count). The summed E-state index contributed by atoms with van der Waals surface area (Å²) >= 11 is 0. The lowest BCUT2D eigenvalue weighted by molar-refractivity contribution is 0.0856. The third-order valence-electron chi connectivity index (χ3n) is 3.59. The van der Waals surface area contributed by atoms with Crippen LogP contribution in [0.3, 0.4) is 0 Å². The first kappa shape index (κ1) is 14.7. The Morgan fingerprint density at radius 3 is 2.70 bits per heavy atom. The van der Waals surface area contributed by atoms with E-state index in [4.69, 9.17) is 5.11 Å².